The van der Waals surface area contributed by atoms with E-state index in [1.54, 1.807) is 24.3 Å². The van der Waals surface area contributed by atoms with Gasteiger partial charge in [0.05, 0.1) is 13.7 Å². The van der Waals surface area contributed by atoms with Crippen LogP contribution in [-0.2, 0) is 22.4 Å². The number of hydrogen-bond donors (Lipinski definition) is 1. The normalized spacial score (nSPS) is 11.8. The van der Waals surface area contributed by atoms with Crippen LogP contribution in [0.2, 0.25) is 0 Å². The maximum absolute atomic E-state index is 12.4. The summed E-state index contributed by atoms with van der Waals surface area (Å²) >= 11 is 0. The highest BCUT2D eigenvalue weighted by Gasteiger charge is 2.38. The number of ether oxygens (including phenoxy) is 1. The van der Waals surface area contributed by atoms with Gasteiger partial charge in [-0.3, -0.25) is 0 Å². The maximum Gasteiger partial charge on any atom is 0.471 e. The van der Waals surface area contributed by atoms with Crippen LogP contribution in [0.1, 0.15) is 11.5 Å². The third kappa shape index (κ3) is 4.25. The Morgan fingerprint density at radius 2 is 1.95 bits per heavy atom. The van der Waals surface area contributed by atoms with Crippen molar-refractivity contribution in [1.82, 2.24) is 15.6 Å². The van der Waals surface area contributed by atoms with E-state index in [1.165, 1.54) is 7.11 Å². The molecule has 0 aliphatic rings. The van der Waals surface area contributed by atoms with Crippen molar-refractivity contribution in [2.24, 2.45) is 0 Å². The molecule has 1 aromatic carbocycles. The van der Waals surface area contributed by atoms with Gasteiger partial charge in [-0.05, 0) is 5.56 Å². The number of halogens is 3. The Morgan fingerprint density at radius 1 is 1.24 bits per heavy atom. The number of aromatic nitrogens is 2. The first-order valence-electron chi connectivity index (χ1n) is 5.84. The Balaban J connectivity index is 2.00. The minimum atomic E-state index is -4.65. The van der Waals surface area contributed by atoms with Crippen LogP contribution in [0.3, 0.4) is 0 Å². The zero-order chi connectivity index (χ0) is 15.3. The highest BCUT2D eigenvalue weighted by atomic mass is 19.4. The van der Waals surface area contributed by atoms with Crippen molar-refractivity contribution in [1.29, 1.82) is 0 Å². The lowest BCUT2D eigenvalue weighted by Gasteiger charge is -2.04. The zero-order valence-corrected chi connectivity index (χ0v) is 11.0. The summed E-state index contributed by atoms with van der Waals surface area (Å²) < 4.78 is 46.5. The number of alkyl halides is 3. The molecule has 21 heavy (non-hydrogen) atoms. The lowest BCUT2D eigenvalue weighted by Crippen LogP contribution is -2.15. The van der Waals surface area contributed by atoms with Crippen molar-refractivity contribution in [2.45, 2.75) is 12.8 Å². The third-order valence-electron chi connectivity index (χ3n) is 2.45. The first-order chi connectivity index (χ1) is 10.0. The minimum absolute atomic E-state index is 0.115. The molecule has 0 spiro atoms. The molecule has 0 bridgehead atoms. The molecule has 0 saturated carbocycles. The van der Waals surface area contributed by atoms with E-state index < -0.39 is 12.1 Å². The molecule has 0 aliphatic heterocycles. The summed E-state index contributed by atoms with van der Waals surface area (Å²) in [6.45, 7) is 0.550. The van der Waals surface area contributed by atoms with Gasteiger partial charge in [0.2, 0.25) is 5.82 Å². The SMILES string of the molecule is CONCOCc1ccc(-c2noc(C(F)(F)F)n2)cc1. The second-order valence-corrected chi connectivity index (χ2v) is 3.96. The summed E-state index contributed by atoms with van der Waals surface area (Å²) in [5.41, 5.74) is 3.78. The largest absolute Gasteiger partial charge is 0.471 e. The summed E-state index contributed by atoms with van der Waals surface area (Å²) in [5.74, 6) is -1.48. The fourth-order valence-corrected chi connectivity index (χ4v) is 1.48. The predicted molar refractivity (Wildman–Crippen MR) is 64.5 cm³/mol. The third-order valence-corrected chi connectivity index (χ3v) is 2.45. The van der Waals surface area contributed by atoms with Gasteiger partial charge in [-0.2, -0.15) is 23.6 Å². The molecule has 0 unspecified atom stereocenters. The molecule has 0 fully saturated rings. The first-order valence-corrected chi connectivity index (χ1v) is 5.84. The molecule has 6 nitrogen and oxygen atoms in total. The minimum Gasteiger partial charge on any atom is -0.360 e. The predicted octanol–water partition coefficient (Wildman–Crippen LogP) is 2.38. The lowest BCUT2D eigenvalue weighted by molar-refractivity contribution is -0.159. The van der Waals surface area contributed by atoms with E-state index in [2.05, 4.69) is 25.0 Å². The van der Waals surface area contributed by atoms with E-state index in [4.69, 9.17) is 4.74 Å². The molecule has 0 saturated heterocycles. The number of hydrogen-bond acceptors (Lipinski definition) is 6. The second kappa shape index (κ2) is 6.66. The van der Waals surface area contributed by atoms with Gasteiger partial charge in [0.25, 0.3) is 0 Å². The Labute approximate surface area is 117 Å². The number of rotatable bonds is 6. The van der Waals surface area contributed by atoms with E-state index in [9.17, 15) is 13.2 Å². The van der Waals surface area contributed by atoms with Gasteiger partial charge in [0.15, 0.2) is 0 Å². The molecule has 9 heteroatoms. The van der Waals surface area contributed by atoms with E-state index in [0.29, 0.717) is 12.2 Å². The number of nitrogens with one attached hydrogen (secondary N) is 1. The van der Waals surface area contributed by atoms with Crippen molar-refractivity contribution in [3.8, 4) is 11.4 Å². The molecule has 114 valence electrons. The first kappa shape index (κ1) is 15.4. The summed E-state index contributed by atoms with van der Waals surface area (Å²) in [6.07, 6.45) is -4.65. The van der Waals surface area contributed by atoms with Crippen LogP contribution >= 0.6 is 0 Å². The monoisotopic (exact) mass is 303 g/mol. The second-order valence-electron chi connectivity index (χ2n) is 3.96. The van der Waals surface area contributed by atoms with Crippen molar-refractivity contribution in [3.05, 3.63) is 35.7 Å². The Bertz CT molecular complexity index is 569. The van der Waals surface area contributed by atoms with Crippen LogP contribution in [0.5, 0.6) is 0 Å². The molecule has 2 aromatic rings. The van der Waals surface area contributed by atoms with Crippen molar-refractivity contribution >= 4 is 0 Å². The number of nitrogens with zero attached hydrogens (tertiary/aromatic N) is 2. The van der Waals surface area contributed by atoms with Gasteiger partial charge in [-0.15, -0.1) is 0 Å². The van der Waals surface area contributed by atoms with Gasteiger partial charge >= 0.3 is 12.1 Å². The van der Waals surface area contributed by atoms with Gasteiger partial charge in [-0.25, -0.2) is 0 Å². The molecular formula is C12H12F3N3O3. The van der Waals surface area contributed by atoms with Crippen LogP contribution < -0.4 is 5.48 Å². The van der Waals surface area contributed by atoms with Crippen LogP contribution in [0.4, 0.5) is 13.2 Å². The van der Waals surface area contributed by atoms with E-state index in [-0.39, 0.29) is 12.6 Å². The Kier molecular flexibility index (Phi) is 4.89. The average Bonchev–Trinajstić information content (AvgIpc) is 2.94. The molecule has 2 rings (SSSR count). The van der Waals surface area contributed by atoms with Crippen LogP contribution in [0, 0.1) is 0 Å². The van der Waals surface area contributed by atoms with Crippen molar-refractivity contribution in [3.63, 3.8) is 0 Å². The van der Waals surface area contributed by atoms with Crippen LogP contribution in [-0.4, -0.2) is 24.0 Å². The van der Waals surface area contributed by atoms with Gasteiger partial charge in [0.1, 0.15) is 6.73 Å². The molecule has 0 aliphatic carbocycles. The topological polar surface area (TPSA) is 69.4 Å². The smallest absolute Gasteiger partial charge is 0.360 e. The fraction of sp³-hybridized carbons (Fsp3) is 0.333. The fourth-order valence-electron chi connectivity index (χ4n) is 1.48. The standard InChI is InChI=1S/C12H12F3N3O3/c1-19-16-7-20-6-8-2-4-9(5-3-8)10-17-11(21-18-10)12(13,14)15/h2-5,16H,6-7H2,1H3. The van der Waals surface area contributed by atoms with E-state index >= 15 is 0 Å². The molecule has 1 aromatic heterocycles. The van der Waals surface area contributed by atoms with Gasteiger partial charge in [0, 0.05) is 5.56 Å². The zero-order valence-electron chi connectivity index (χ0n) is 11.0. The quantitative estimate of drug-likeness (QED) is 0.502. The van der Waals surface area contributed by atoms with Gasteiger partial charge in [-0.1, -0.05) is 29.4 Å². The molecular weight excluding hydrogens is 291 g/mol. The lowest BCUT2D eigenvalue weighted by atomic mass is 10.1. The number of hydroxylamine groups is 1. The summed E-state index contributed by atoms with van der Waals surface area (Å²) in [6, 6.07) is 6.58. The summed E-state index contributed by atoms with van der Waals surface area (Å²) in [5, 5.41) is 3.31. The number of benzene rings is 1. The van der Waals surface area contributed by atoms with E-state index in [1.807, 2.05) is 0 Å². The highest BCUT2D eigenvalue weighted by Crippen LogP contribution is 2.29. The van der Waals surface area contributed by atoms with Crippen LogP contribution in [0.25, 0.3) is 11.4 Å². The average molecular weight is 303 g/mol. The van der Waals surface area contributed by atoms with Crippen LogP contribution in [0.15, 0.2) is 28.8 Å². The van der Waals surface area contributed by atoms with E-state index in [0.717, 1.165) is 5.56 Å². The molecule has 1 heterocycles. The molecule has 1 N–H and O–H groups in total. The molecule has 0 amide bonds. The van der Waals surface area contributed by atoms with Crippen molar-refractivity contribution < 1.29 is 27.3 Å². The molecule has 0 radical (unpaired) electrons. The Morgan fingerprint density at radius 3 is 2.52 bits per heavy atom. The summed E-state index contributed by atoms with van der Waals surface area (Å²) in [4.78, 5) is 7.90. The highest BCUT2D eigenvalue weighted by molar-refractivity contribution is 5.54. The summed E-state index contributed by atoms with van der Waals surface area (Å²) in [7, 11) is 1.47. The molecule has 0 atom stereocenters. The maximum atomic E-state index is 12.4. The Hall–Kier alpha value is -1.97. The van der Waals surface area contributed by atoms with Crippen molar-refractivity contribution in [2.75, 3.05) is 13.8 Å². The van der Waals surface area contributed by atoms with Gasteiger partial charge < -0.3 is 14.1 Å².